The van der Waals surface area contributed by atoms with Gasteiger partial charge in [0.2, 0.25) is 0 Å². The maximum atomic E-state index is 12.3. The summed E-state index contributed by atoms with van der Waals surface area (Å²) >= 11 is 0. The molecule has 29 heavy (non-hydrogen) atoms. The summed E-state index contributed by atoms with van der Waals surface area (Å²) in [7, 11) is 0. The van der Waals surface area contributed by atoms with Crippen molar-refractivity contribution in [2.24, 2.45) is 0 Å². The van der Waals surface area contributed by atoms with Gasteiger partial charge >= 0.3 is 0 Å². The van der Waals surface area contributed by atoms with Gasteiger partial charge in [0, 0.05) is 36.1 Å². The van der Waals surface area contributed by atoms with Gasteiger partial charge in [-0.05, 0) is 24.1 Å². The van der Waals surface area contributed by atoms with Crippen molar-refractivity contribution in [1.82, 2.24) is 5.32 Å². The van der Waals surface area contributed by atoms with Crippen molar-refractivity contribution in [2.45, 2.75) is 19.3 Å². The van der Waals surface area contributed by atoms with Crippen LogP contribution >= 0.6 is 0 Å². The Labute approximate surface area is 170 Å². The molecule has 3 aromatic rings. The maximum absolute atomic E-state index is 12.3. The molecule has 4 heteroatoms. The summed E-state index contributed by atoms with van der Waals surface area (Å²) in [4.78, 5) is 36.7. The third kappa shape index (κ3) is 5.98. The van der Waals surface area contributed by atoms with Gasteiger partial charge in [-0.15, -0.1) is 0 Å². The molecule has 1 N–H and O–H groups in total. The Morgan fingerprint density at radius 1 is 0.586 bits per heavy atom. The zero-order chi connectivity index (χ0) is 20.5. The molecule has 1 amide bonds. The molecular formula is C25H23NO3. The van der Waals surface area contributed by atoms with Crippen molar-refractivity contribution in [3.8, 4) is 0 Å². The number of carbonyl (C=O) groups excluding carboxylic acids is 3. The minimum atomic E-state index is -0.167. The summed E-state index contributed by atoms with van der Waals surface area (Å²) in [6.45, 7) is 0.547. The largest absolute Gasteiger partial charge is 0.352 e. The third-order valence-corrected chi connectivity index (χ3v) is 4.69. The van der Waals surface area contributed by atoms with Crippen LogP contribution in [-0.2, 0) is 6.42 Å². The van der Waals surface area contributed by atoms with Gasteiger partial charge < -0.3 is 5.32 Å². The molecule has 0 unspecified atom stereocenters. The second kappa shape index (κ2) is 10.1. The molecule has 0 aliphatic carbocycles. The lowest BCUT2D eigenvalue weighted by Gasteiger charge is -2.06. The normalized spacial score (nSPS) is 10.3. The number of benzene rings is 3. The zero-order valence-electron chi connectivity index (χ0n) is 16.1. The van der Waals surface area contributed by atoms with E-state index in [1.807, 2.05) is 36.4 Å². The molecule has 0 heterocycles. The Hall–Kier alpha value is -3.53. The van der Waals surface area contributed by atoms with Gasteiger partial charge in [-0.1, -0.05) is 72.8 Å². The highest BCUT2D eigenvalue weighted by atomic mass is 16.2. The number of hydrogen-bond acceptors (Lipinski definition) is 3. The Bertz CT molecular complexity index is 964. The first-order valence-corrected chi connectivity index (χ1v) is 9.67. The molecule has 0 aliphatic rings. The fraction of sp³-hybridized carbons (Fsp3) is 0.160. The summed E-state index contributed by atoms with van der Waals surface area (Å²) in [5, 5.41) is 2.89. The van der Waals surface area contributed by atoms with Crippen LogP contribution < -0.4 is 5.32 Å². The fourth-order valence-electron chi connectivity index (χ4n) is 3.01. The summed E-state index contributed by atoms with van der Waals surface area (Å²) in [6.07, 6.45) is 1.08. The van der Waals surface area contributed by atoms with E-state index in [-0.39, 0.29) is 30.3 Å². The van der Waals surface area contributed by atoms with Crippen LogP contribution in [0.5, 0.6) is 0 Å². The highest BCUT2D eigenvalue weighted by molar-refractivity contribution is 6.02. The van der Waals surface area contributed by atoms with E-state index in [4.69, 9.17) is 0 Å². The molecule has 0 bridgehead atoms. The lowest BCUT2D eigenvalue weighted by atomic mass is 10.0. The van der Waals surface area contributed by atoms with Gasteiger partial charge in [-0.3, -0.25) is 14.4 Å². The molecule has 4 nitrogen and oxygen atoms in total. The van der Waals surface area contributed by atoms with Crippen LogP contribution in [0.1, 0.15) is 49.5 Å². The molecule has 3 rings (SSSR count). The van der Waals surface area contributed by atoms with Gasteiger partial charge in [-0.2, -0.15) is 0 Å². The van der Waals surface area contributed by atoms with E-state index in [2.05, 4.69) is 5.32 Å². The van der Waals surface area contributed by atoms with Crippen LogP contribution in [0.15, 0.2) is 84.9 Å². The first-order chi connectivity index (χ1) is 14.1. The van der Waals surface area contributed by atoms with E-state index < -0.39 is 0 Å². The Morgan fingerprint density at radius 2 is 1.07 bits per heavy atom. The maximum Gasteiger partial charge on any atom is 0.251 e. The van der Waals surface area contributed by atoms with E-state index in [1.165, 1.54) is 5.56 Å². The molecule has 146 valence electrons. The molecule has 0 atom stereocenters. The number of hydrogen-bond donors (Lipinski definition) is 1. The average Bonchev–Trinajstić information content (AvgIpc) is 2.78. The highest BCUT2D eigenvalue weighted by Gasteiger charge is 2.12. The second-order valence-corrected chi connectivity index (χ2v) is 6.78. The number of amides is 1. The van der Waals surface area contributed by atoms with Crippen LogP contribution in [0.3, 0.4) is 0 Å². The van der Waals surface area contributed by atoms with Gasteiger partial charge in [-0.25, -0.2) is 0 Å². The number of ketones is 2. The first-order valence-electron chi connectivity index (χ1n) is 9.67. The zero-order valence-corrected chi connectivity index (χ0v) is 16.1. The van der Waals surface area contributed by atoms with Crippen molar-refractivity contribution in [2.75, 3.05) is 6.54 Å². The van der Waals surface area contributed by atoms with Crippen molar-refractivity contribution in [3.05, 3.63) is 107 Å². The van der Waals surface area contributed by atoms with Gasteiger partial charge in [0.25, 0.3) is 5.91 Å². The fourth-order valence-corrected chi connectivity index (χ4v) is 3.01. The Balaban J connectivity index is 1.47. The number of Topliss-reactive ketones (excluding diaryl/α,β-unsaturated/α-hetero) is 2. The van der Waals surface area contributed by atoms with E-state index in [0.717, 1.165) is 6.42 Å². The monoisotopic (exact) mass is 385 g/mol. The van der Waals surface area contributed by atoms with E-state index in [9.17, 15) is 14.4 Å². The standard InChI is InChI=1S/C25H23NO3/c27-23(20-9-5-2-6-10-20)15-16-24(28)21-11-13-22(14-12-21)25(29)26-18-17-19-7-3-1-4-8-19/h1-14H,15-18H2,(H,26,29). The van der Waals surface area contributed by atoms with Crippen molar-refractivity contribution in [3.63, 3.8) is 0 Å². The smallest absolute Gasteiger partial charge is 0.251 e. The summed E-state index contributed by atoms with van der Waals surface area (Å²) in [6, 6.07) is 25.5. The summed E-state index contributed by atoms with van der Waals surface area (Å²) in [5.41, 5.74) is 2.79. The molecular weight excluding hydrogens is 362 g/mol. The number of rotatable bonds is 9. The minimum absolute atomic E-state index is 0.0478. The highest BCUT2D eigenvalue weighted by Crippen LogP contribution is 2.11. The minimum Gasteiger partial charge on any atom is -0.352 e. The molecule has 0 saturated carbocycles. The lowest BCUT2D eigenvalue weighted by molar-refractivity contribution is 0.0917. The molecule has 0 spiro atoms. The van der Waals surface area contributed by atoms with Crippen molar-refractivity contribution >= 4 is 17.5 Å². The third-order valence-electron chi connectivity index (χ3n) is 4.69. The summed E-state index contributed by atoms with van der Waals surface area (Å²) in [5.74, 6) is -0.321. The van der Waals surface area contributed by atoms with Gasteiger partial charge in [0.05, 0.1) is 0 Å². The molecule has 0 radical (unpaired) electrons. The predicted octanol–water partition coefficient (Wildman–Crippen LogP) is 4.50. The average molecular weight is 385 g/mol. The van der Waals surface area contributed by atoms with Crippen molar-refractivity contribution in [1.29, 1.82) is 0 Å². The quantitative estimate of drug-likeness (QED) is 0.552. The first kappa shape index (κ1) is 20.2. The summed E-state index contributed by atoms with van der Waals surface area (Å²) < 4.78 is 0. The molecule has 0 saturated heterocycles. The second-order valence-electron chi connectivity index (χ2n) is 6.78. The topological polar surface area (TPSA) is 63.2 Å². The van der Waals surface area contributed by atoms with Crippen molar-refractivity contribution < 1.29 is 14.4 Å². The molecule has 0 aromatic heterocycles. The Morgan fingerprint density at radius 3 is 1.66 bits per heavy atom. The van der Waals surface area contributed by atoms with Gasteiger partial charge in [0.1, 0.15) is 0 Å². The molecule has 0 aliphatic heterocycles. The SMILES string of the molecule is O=C(CCC(=O)c1ccc(C(=O)NCCc2ccccc2)cc1)c1ccccc1. The lowest BCUT2D eigenvalue weighted by Crippen LogP contribution is -2.25. The van der Waals surface area contributed by atoms with Gasteiger partial charge in [0.15, 0.2) is 11.6 Å². The molecule has 0 fully saturated rings. The van der Waals surface area contributed by atoms with Crippen LogP contribution in [0.2, 0.25) is 0 Å². The van der Waals surface area contributed by atoms with E-state index in [0.29, 0.717) is 23.2 Å². The van der Waals surface area contributed by atoms with Crippen LogP contribution in [0.25, 0.3) is 0 Å². The van der Waals surface area contributed by atoms with Crippen LogP contribution in [-0.4, -0.2) is 24.0 Å². The molecule has 3 aromatic carbocycles. The number of carbonyl (C=O) groups is 3. The Kier molecular flexibility index (Phi) is 7.06. The number of nitrogens with one attached hydrogen (secondary N) is 1. The van der Waals surface area contributed by atoms with Crippen LogP contribution in [0, 0.1) is 0 Å². The van der Waals surface area contributed by atoms with E-state index >= 15 is 0 Å². The predicted molar refractivity (Wildman–Crippen MR) is 113 cm³/mol. The van der Waals surface area contributed by atoms with E-state index in [1.54, 1.807) is 48.5 Å². The van der Waals surface area contributed by atoms with Crippen LogP contribution in [0.4, 0.5) is 0 Å².